The minimum atomic E-state index is -0.152. The standard InChI is InChI=1S/C21H24O4/c22-18-8-1-15(2-9-18)3-14-21(24)25-20-12-6-17(7-13-20)16-4-10-19(23)11-5-16/h1-2,4-5,8-11,17,20,22-23H,3,6-7,12-14H2. The third-order valence-corrected chi connectivity index (χ3v) is 4.89. The predicted molar refractivity (Wildman–Crippen MR) is 95.6 cm³/mol. The Morgan fingerprint density at radius 2 is 1.44 bits per heavy atom. The SMILES string of the molecule is O=C(CCc1ccc(O)cc1)OC1CCC(c2ccc(O)cc2)CC1. The van der Waals surface area contributed by atoms with E-state index in [2.05, 4.69) is 0 Å². The van der Waals surface area contributed by atoms with Crippen molar-refractivity contribution in [2.75, 3.05) is 0 Å². The minimum Gasteiger partial charge on any atom is -0.508 e. The highest BCUT2D eigenvalue weighted by molar-refractivity contribution is 5.70. The Balaban J connectivity index is 1.41. The Labute approximate surface area is 148 Å². The maximum Gasteiger partial charge on any atom is 0.306 e. The largest absolute Gasteiger partial charge is 0.508 e. The molecule has 0 heterocycles. The van der Waals surface area contributed by atoms with Gasteiger partial charge in [0.25, 0.3) is 0 Å². The molecular formula is C21H24O4. The number of aromatic hydroxyl groups is 2. The Hall–Kier alpha value is -2.49. The van der Waals surface area contributed by atoms with Crippen LogP contribution in [-0.4, -0.2) is 22.3 Å². The number of rotatable bonds is 5. The van der Waals surface area contributed by atoms with Crippen molar-refractivity contribution in [3.05, 3.63) is 59.7 Å². The van der Waals surface area contributed by atoms with E-state index in [1.54, 1.807) is 24.3 Å². The summed E-state index contributed by atoms with van der Waals surface area (Å²) in [4.78, 5) is 12.0. The average Bonchev–Trinajstić information content (AvgIpc) is 2.63. The van der Waals surface area contributed by atoms with Crippen molar-refractivity contribution >= 4 is 5.97 Å². The summed E-state index contributed by atoms with van der Waals surface area (Å²) in [5.41, 5.74) is 2.26. The molecule has 2 aromatic carbocycles. The average molecular weight is 340 g/mol. The monoisotopic (exact) mass is 340 g/mol. The van der Waals surface area contributed by atoms with Gasteiger partial charge >= 0.3 is 5.97 Å². The maximum atomic E-state index is 12.0. The van der Waals surface area contributed by atoms with Gasteiger partial charge in [0.2, 0.25) is 0 Å². The van der Waals surface area contributed by atoms with Gasteiger partial charge in [0.05, 0.1) is 0 Å². The molecule has 0 bridgehead atoms. The van der Waals surface area contributed by atoms with Gasteiger partial charge in [0.1, 0.15) is 17.6 Å². The summed E-state index contributed by atoms with van der Waals surface area (Å²) >= 11 is 0. The van der Waals surface area contributed by atoms with Gasteiger partial charge in [-0.3, -0.25) is 4.79 Å². The number of ether oxygens (including phenoxy) is 1. The van der Waals surface area contributed by atoms with Gasteiger partial charge in [0.15, 0.2) is 0 Å². The molecule has 3 rings (SSSR count). The van der Waals surface area contributed by atoms with Gasteiger partial charge in [-0.1, -0.05) is 24.3 Å². The number of benzene rings is 2. The fraction of sp³-hybridized carbons (Fsp3) is 0.381. The molecule has 2 aromatic rings. The van der Waals surface area contributed by atoms with Crippen molar-refractivity contribution in [3.8, 4) is 11.5 Å². The number of phenolic OH excluding ortho intramolecular Hbond substituents is 2. The first-order valence-corrected chi connectivity index (χ1v) is 8.86. The third-order valence-electron chi connectivity index (χ3n) is 4.89. The topological polar surface area (TPSA) is 66.8 Å². The molecule has 1 fully saturated rings. The molecule has 0 atom stereocenters. The van der Waals surface area contributed by atoms with Crippen LogP contribution < -0.4 is 0 Å². The lowest BCUT2D eigenvalue weighted by molar-refractivity contribution is -0.150. The summed E-state index contributed by atoms with van der Waals surface area (Å²) in [6, 6.07) is 14.3. The number of carbonyl (C=O) groups is 1. The molecule has 1 aliphatic rings. The van der Waals surface area contributed by atoms with Crippen molar-refractivity contribution in [1.82, 2.24) is 0 Å². The highest BCUT2D eigenvalue weighted by atomic mass is 16.5. The van der Waals surface area contributed by atoms with Crippen molar-refractivity contribution in [3.63, 3.8) is 0 Å². The number of esters is 1. The smallest absolute Gasteiger partial charge is 0.306 e. The molecule has 4 heteroatoms. The maximum absolute atomic E-state index is 12.0. The van der Waals surface area contributed by atoms with E-state index in [-0.39, 0.29) is 17.8 Å². The predicted octanol–water partition coefficient (Wildman–Crippen LogP) is 4.30. The van der Waals surface area contributed by atoms with Crippen molar-refractivity contribution in [1.29, 1.82) is 0 Å². The highest BCUT2D eigenvalue weighted by Crippen LogP contribution is 2.34. The number of aryl methyl sites for hydroxylation is 1. The molecular weight excluding hydrogens is 316 g/mol. The molecule has 0 aliphatic heterocycles. The minimum absolute atomic E-state index is 0.0145. The molecule has 0 aromatic heterocycles. The summed E-state index contributed by atoms with van der Waals surface area (Å²) in [5.74, 6) is 0.852. The van der Waals surface area contributed by atoms with Crippen molar-refractivity contribution in [2.24, 2.45) is 0 Å². The summed E-state index contributed by atoms with van der Waals surface area (Å²) in [6.45, 7) is 0. The zero-order valence-electron chi connectivity index (χ0n) is 14.2. The summed E-state index contributed by atoms with van der Waals surface area (Å²) in [7, 11) is 0. The van der Waals surface area contributed by atoms with Crippen molar-refractivity contribution < 1.29 is 19.7 Å². The van der Waals surface area contributed by atoms with E-state index in [0.29, 0.717) is 24.5 Å². The third kappa shape index (κ3) is 4.99. The number of phenols is 2. The number of hydrogen-bond acceptors (Lipinski definition) is 4. The number of hydrogen-bond donors (Lipinski definition) is 2. The van der Waals surface area contributed by atoms with E-state index >= 15 is 0 Å². The molecule has 1 saturated carbocycles. The molecule has 25 heavy (non-hydrogen) atoms. The molecule has 132 valence electrons. The fourth-order valence-corrected chi connectivity index (χ4v) is 3.41. The molecule has 0 spiro atoms. The first-order chi connectivity index (χ1) is 12.1. The van der Waals surface area contributed by atoms with Crippen LogP contribution in [0.3, 0.4) is 0 Å². The van der Waals surface area contributed by atoms with E-state index in [0.717, 1.165) is 31.2 Å². The molecule has 1 aliphatic carbocycles. The van der Waals surface area contributed by atoms with Gasteiger partial charge in [-0.2, -0.15) is 0 Å². The second-order valence-electron chi connectivity index (χ2n) is 6.72. The lowest BCUT2D eigenvalue weighted by atomic mass is 9.83. The van der Waals surface area contributed by atoms with Crippen LogP contribution in [0.25, 0.3) is 0 Å². The lowest BCUT2D eigenvalue weighted by Gasteiger charge is -2.28. The zero-order chi connectivity index (χ0) is 17.6. The Bertz CT molecular complexity index is 683. The molecule has 0 amide bonds. The number of carbonyl (C=O) groups excluding carboxylic acids is 1. The highest BCUT2D eigenvalue weighted by Gasteiger charge is 2.24. The van der Waals surface area contributed by atoms with Crippen molar-refractivity contribution in [2.45, 2.75) is 50.5 Å². The Morgan fingerprint density at radius 1 is 0.880 bits per heavy atom. The molecule has 2 N–H and O–H groups in total. The van der Waals surface area contributed by atoms with Crippen LogP contribution in [0.15, 0.2) is 48.5 Å². The van der Waals surface area contributed by atoms with E-state index in [1.165, 1.54) is 5.56 Å². The zero-order valence-corrected chi connectivity index (χ0v) is 14.2. The van der Waals surface area contributed by atoms with Crippen LogP contribution in [0.5, 0.6) is 11.5 Å². The van der Waals surface area contributed by atoms with Crippen LogP contribution >= 0.6 is 0 Å². The van der Waals surface area contributed by atoms with E-state index < -0.39 is 0 Å². The van der Waals surface area contributed by atoms with E-state index in [4.69, 9.17) is 4.74 Å². The Kier molecular flexibility index (Phi) is 5.59. The van der Waals surface area contributed by atoms with Gasteiger partial charge < -0.3 is 14.9 Å². The Morgan fingerprint density at radius 3 is 2.04 bits per heavy atom. The van der Waals surface area contributed by atoms with E-state index in [1.807, 2.05) is 24.3 Å². The second kappa shape index (κ2) is 8.06. The van der Waals surface area contributed by atoms with Gasteiger partial charge in [-0.25, -0.2) is 0 Å². The fourth-order valence-electron chi connectivity index (χ4n) is 3.41. The quantitative estimate of drug-likeness (QED) is 0.796. The summed E-state index contributed by atoms with van der Waals surface area (Å²) in [5, 5.41) is 18.6. The van der Waals surface area contributed by atoms with Crippen LogP contribution in [-0.2, 0) is 16.0 Å². The van der Waals surface area contributed by atoms with Gasteiger partial charge in [-0.15, -0.1) is 0 Å². The molecule has 0 saturated heterocycles. The normalized spacial score (nSPS) is 20.2. The summed E-state index contributed by atoms with van der Waals surface area (Å²) in [6.07, 6.45) is 4.78. The van der Waals surface area contributed by atoms with Crippen LogP contribution in [0, 0.1) is 0 Å². The molecule has 0 radical (unpaired) electrons. The molecule has 0 unspecified atom stereocenters. The van der Waals surface area contributed by atoms with Gasteiger partial charge in [0, 0.05) is 6.42 Å². The van der Waals surface area contributed by atoms with Crippen LogP contribution in [0.2, 0.25) is 0 Å². The first-order valence-electron chi connectivity index (χ1n) is 8.86. The van der Waals surface area contributed by atoms with Crippen LogP contribution in [0.1, 0.15) is 49.1 Å². The van der Waals surface area contributed by atoms with Crippen LogP contribution in [0.4, 0.5) is 0 Å². The first kappa shape index (κ1) is 17.3. The summed E-state index contributed by atoms with van der Waals surface area (Å²) < 4.78 is 5.61. The second-order valence-corrected chi connectivity index (χ2v) is 6.72. The van der Waals surface area contributed by atoms with Gasteiger partial charge in [-0.05, 0) is 73.4 Å². The van der Waals surface area contributed by atoms with E-state index in [9.17, 15) is 15.0 Å². The molecule has 4 nitrogen and oxygen atoms in total. The lowest BCUT2D eigenvalue weighted by Crippen LogP contribution is -2.24.